The van der Waals surface area contributed by atoms with Crippen LogP contribution in [-0.2, 0) is 24.0 Å². The quantitative estimate of drug-likeness (QED) is 0.0563. The van der Waals surface area contributed by atoms with Crippen LogP contribution in [0.2, 0.25) is 0 Å². The molecule has 4 unspecified atom stereocenters. The summed E-state index contributed by atoms with van der Waals surface area (Å²) in [5.41, 5.74) is 21.4. The van der Waals surface area contributed by atoms with Crippen molar-refractivity contribution >= 4 is 47.3 Å². The molecule has 0 bridgehead atoms. The summed E-state index contributed by atoms with van der Waals surface area (Å²) in [5.74, 6) is -3.45. The average Bonchev–Trinajstić information content (AvgIpc) is 2.75. The molecule has 4 amide bonds. The lowest BCUT2D eigenvalue weighted by Crippen LogP contribution is -2.56. The summed E-state index contributed by atoms with van der Waals surface area (Å²) in [6.45, 7) is 1.58. The molecule has 4 atom stereocenters. The van der Waals surface area contributed by atoms with E-state index in [1.54, 1.807) is 0 Å². The maximum absolute atomic E-state index is 12.8. The highest BCUT2D eigenvalue weighted by Gasteiger charge is 2.28. The van der Waals surface area contributed by atoms with Crippen LogP contribution in [0.25, 0.3) is 0 Å². The molecule has 0 heterocycles. The Morgan fingerprint density at radius 2 is 1.53 bits per heavy atom. The Morgan fingerprint density at radius 1 is 0.912 bits per heavy atom. The van der Waals surface area contributed by atoms with Crippen molar-refractivity contribution in [1.82, 2.24) is 16.0 Å². The molecule has 15 heteroatoms. The molecule has 0 aromatic carbocycles. The van der Waals surface area contributed by atoms with Crippen LogP contribution in [0.1, 0.15) is 39.0 Å². The Bertz CT molecular complexity index is 746. The molecule has 0 saturated heterocycles. The van der Waals surface area contributed by atoms with Crippen molar-refractivity contribution in [3.8, 4) is 0 Å². The summed E-state index contributed by atoms with van der Waals surface area (Å²) in [5, 5.41) is 16.6. The lowest BCUT2D eigenvalue weighted by Gasteiger charge is -2.23. The van der Waals surface area contributed by atoms with E-state index in [0.29, 0.717) is 12.2 Å². The highest BCUT2D eigenvalue weighted by molar-refractivity contribution is 7.98. The number of nitrogens with zero attached hydrogens (tertiary/aromatic N) is 1. The number of carbonyl (C=O) groups is 5. The van der Waals surface area contributed by atoms with Crippen LogP contribution in [0.4, 0.5) is 0 Å². The number of guanidine groups is 1. The van der Waals surface area contributed by atoms with E-state index < -0.39 is 53.8 Å². The summed E-state index contributed by atoms with van der Waals surface area (Å²) in [6.07, 6.45) is 2.36. The number of thioether (sulfide) groups is 1. The molecule has 14 nitrogen and oxygen atoms in total. The standard InChI is InChI=1S/C19H36N8O6S/c1-10(15(29)27-13(18(32)33)7-9-34-2)25-17(31)12(4-3-8-24-19(22)23)26-16(30)11(20)5-6-14(21)28/h10-13H,3-9,20H2,1-2H3,(H2,21,28)(H,25,31)(H,26,30)(H,27,29)(H,32,33)(H4,22,23,24). The Kier molecular flexibility index (Phi) is 15.0. The van der Waals surface area contributed by atoms with Gasteiger partial charge in [-0.25, -0.2) is 4.79 Å². The van der Waals surface area contributed by atoms with Crippen LogP contribution < -0.4 is 38.9 Å². The van der Waals surface area contributed by atoms with Crippen molar-refractivity contribution < 1.29 is 29.1 Å². The summed E-state index contributed by atoms with van der Waals surface area (Å²) < 4.78 is 0. The Labute approximate surface area is 202 Å². The fourth-order valence-electron chi connectivity index (χ4n) is 2.65. The van der Waals surface area contributed by atoms with Crippen LogP contribution in [-0.4, -0.2) is 83.4 Å². The predicted molar refractivity (Wildman–Crippen MR) is 128 cm³/mol. The van der Waals surface area contributed by atoms with E-state index >= 15 is 0 Å². The average molecular weight is 505 g/mol. The molecule has 0 aliphatic heterocycles. The molecule has 194 valence electrons. The number of carboxylic acid groups (broad SMARTS) is 1. The molecular weight excluding hydrogens is 468 g/mol. The molecule has 0 saturated carbocycles. The number of hydrogen-bond acceptors (Lipinski definition) is 8. The maximum atomic E-state index is 12.8. The first-order valence-corrected chi connectivity index (χ1v) is 12.0. The van der Waals surface area contributed by atoms with Gasteiger partial charge in [-0.1, -0.05) is 0 Å². The molecule has 0 fully saturated rings. The van der Waals surface area contributed by atoms with Crippen molar-refractivity contribution in [2.45, 2.75) is 63.2 Å². The van der Waals surface area contributed by atoms with Crippen molar-refractivity contribution in [3.63, 3.8) is 0 Å². The summed E-state index contributed by atoms with van der Waals surface area (Å²) >= 11 is 1.44. The van der Waals surface area contributed by atoms with Gasteiger partial charge < -0.3 is 44.0 Å². The monoisotopic (exact) mass is 504 g/mol. The Balaban J connectivity index is 5.16. The minimum absolute atomic E-state index is 0.00502. The van der Waals surface area contributed by atoms with E-state index in [2.05, 4.69) is 20.9 Å². The minimum atomic E-state index is -1.18. The number of primary amides is 1. The fourth-order valence-corrected chi connectivity index (χ4v) is 3.12. The summed E-state index contributed by atoms with van der Waals surface area (Å²) in [6, 6.07) is -4.33. The van der Waals surface area contributed by atoms with Gasteiger partial charge in [-0.15, -0.1) is 0 Å². The molecule has 12 N–H and O–H groups in total. The second-order valence-corrected chi connectivity index (χ2v) is 8.52. The van der Waals surface area contributed by atoms with Crippen LogP contribution in [0.3, 0.4) is 0 Å². The number of rotatable bonds is 17. The number of amides is 4. The van der Waals surface area contributed by atoms with Gasteiger partial charge in [0.25, 0.3) is 0 Å². The number of aliphatic imine (C=N–C) groups is 1. The fraction of sp³-hybridized carbons (Fsp3) is 0.684. The van der Waals surface area contributed by atoms with Gasteiger partial charge in [0, 0.05) is 13.0 Å². The molecular formula is C19H36N8O6S. The third-order valence-electron chi connectivity index (χ3n) is 4.59. The Hall–Kier alpha value is -3.07. The first kappa shape index (κ1) is 30.9. The van der Waals surface area contributed by atoms with Gasteiger partial charge in [-0.3, -0.25) is 24.2 Å². The van der Waals surface area contributed by atoms with E-state index in [4.69, 9.17) is 22.9 Å². The molecule has 0 radical (unpaired) electrons. The van der Waals surface area contributed by atoms with E-state index in [9.17, 15) is 29.1 Å². The molecule has 0 aromatic heterocycles. The number of hydrogen-bond donors (Lipinski definition) is 8. The highest BCUT2D eigenvalue weighted by Crippen LogP contribution is 2.04. The third-order valence-corrected chi connectivity index (χ3v) is 5.24. The summed E-state index contributed by atoms with van der Waals surface area (Å²) in [4.78, 5) is 63.6. The largest absolute Gasteiger partial charge is 0.480 e. The number of carboxylic acids is 1. The smallest absolute Gasteiger partial charge is 0.326 e. The molecule has 0 aliphatic rings. The van der Waals surface area contributed by atoms with Crippen LogP contribution in [0.5, 0.6) is 0 Å². The third kappa shape index (κ3) is 13.5. The van der Waals surface area contributed by atoms with Gasteiger partial charge in [0.15, 0.2) is 5.96 Å². The number of carbonyl (C=O) groups excluding carboxylic acids is 4. The second-order valence-electron chi connectivity index (χ2n) is 7.53. The lowest BCUT2D eigenvalue weighted by atomic mass is 10.1. The predicted octanol–water partition coefficient (Wildman–Crippen LogP) is -3.06. The zero-order chi connectivity index (χ0) is 26.3. The van der Waals surface area contributed by atoms with E-state index in [0.717, 1.165) is 0 Å². The number of nitrogens with one attached hydrogen (secondary N) is 3. The van der Waals surface area contributed by atoms with Crippen LogP contribution in [0.15, 0.2) is 4.99 Å². The second kappa shape index (κ2) is 16.5. The van der Waals surface area contributed by atoms with Crippen molar-refractivity contribution in [1.29, 1.82) is 0 Å². The van der Waals surface area contributed by atoms with Gasteiger partial charge in [0.2, 0.25) is 23.6 Å². The van der Waals surface area contributed by atoms with E-state index in [1.165, 1.54) is 18.7 Å². The first-order valence-electron chi connectivity index (χ1n) is 10.6. The number of nitrogens with two attached hydrogens (primary N) is 4. The van der Waals surface area contributed by atoms with Crippen molar-refractivity contribution in [2.24, 2.45) is 27.9 Å². The zero-order valence-corrected chi connectivity index (χ0v) is 20.2. The molecule has 0 aromatic rings. The van der Waals surface area contributed by atoms with Gasteiger partial charge >= 0.3 is 5.97 Å². The highest BCUT2D eigenvalue weighted by atomic mass is 32.2. The first-order chi connectivity index (χ1) is 15.9. The Morgan fingerprint density at radius 3 is 2.06 bits per heavy atom. The van der Waals surface area contributed by atoms with Gasteiger partial charge in [0.05, 0.1) is 6.04 Å². The molecule has 0 aliphatic carbocycles. The molecule has 34 heavy (non-hydrogen) atoms. The topological polar surface area (TPSA) is 258 Å². The van der Waals surface area contributed by atoms with Crippen LogP contribution >= 0.6 is 11.8 Å². The van der Waals surface area contributed by atoms with Gasteiger partial charge in [-0.05, 0) is 44.6 Å². The SMILES string of the molecule is CSCCC(NC(=O)C(C)NC(=O)C(CCCN=C(N)N)NC(=O)C(N)CCC(N)=O)C(=O)O. The molecule has 0 rings (SSSR count). The lowest BCUT2D eigenvalue weighted by molar-refractivity contribution is -0.142. The van der Waals surface area contributed by atoms with E-state index in [-0.39, 0.29) is 38.2 Å². The molecule has 0 spiro atoms. The van der Waals surface area contributed by atoms with Crippen molar-refractivity contribution in [2.75, 3.05) is 18.6 Å². The van der Waals surface area contributed by atoms with E-state index in [1.807, 2.05) is 6.26 Å². The van der Waals surface area contributed by atoms with Gasteiger partial charge in [-0.2, -0.15) is 11.8 Å². The van der Waals surface area contributed by atoms with Gasteiger partial charge in [0.1, 0.15) is 18.1 Å². The van der Waals surface area contributed by atoms with Crippen LogP contribution in [0, 0.1) is 0 Å². The normalized spacial score (nSPS) is 14.1. The minimum Gasteiger partial charge on any atom is -0.480 e. The zero-order valence-electron chi connectivity index (χ0n) is 19.4. The maximum Gasteiger partial charge on any atom is 0.326 e. The summed E-state index contributed by atoms with van der Waals surface area (Å²) in [7, 11) is 0. The number of aliphatic carboxylic acids is 1. The van der Waals surface area contributed by atoms with Crippen molar-refractivity contribution in [3.05, 3.63) is 0 Å².